The first-order valence-corrected chi connectivity index (χ1v) is 4.46. The Morgan fingerprint density at radius 2 is 2.36 bits per heavy atom. The van der Waals surface area contributed by atoms with Gasteiger partial charge in [0.15, 0.2) is 0 Å². The Kier molecular flexibility index (Phi) is 3.64. The van der Waals surface area contributed by atoms with E-state index >= 15 is 0 Å². The number of hydrogen-bond acceptors (Lipinski definition) is 3. The van der Waals surface area contributed by atoms with Crippen molar-refractivity contribution in [3.63, 3.8) is 0 Å². The predicted octanol–water partition coefficient (Wildman–Crippen LogP) is 0.0718. The second kappa shape index (κ2) is 4.76. The maximum Gasteiger partial charge on any atom is 0.323 e. The highest BCUT2D eigenvalue weighted by Crippen LogP contribution is 1.99. The van der Waals surface area contributed by atoms with Gasteiger partial charge in [0.05, 0.1) is 0 Å². The normalized spacial score (nSPS) is 10.8. The Labute approximate surface area is 83.0 Å². The first-order valence-electron chi connectivity index (χ1n) is 4.46. The van der Waals surface area contributed by atoms with Crippen LogP contribution < -0.4 is 0 Å². The number of aliphatic carboxylic acids is 1. The fourth-order valence-corrected chi connectivity index (χ4v) is 1.18. The maximum atomic E-state index is 10.5. The van der Waals surface area contributed by atoms with Crippen LogP contribution in [0, 0.1) is 0 Å². The summed E-state index contributed by atoms with van der Waals surface area (Å²) in [6.45, 7) is 0.861. The van der Waals surface area contributed by atoms with Crippen molar-refractivity contribution in [2.75, 3.05) is 20.6 Å². The predicted molar refractivity (Wildman–Crippen MR) is 52.1 cm³/mol. The summed E-state index contributed by atoms with van der Waals surface area (Å²) in [5, 5.41) is 8.63. The summed E-state index contributed by atoms with van der Waals surface area (Å²) in [4.78, 5) is 16.7. The Bertz CT molecular complexity index is 307. The van der Waals surface area contributed by atoms with Crippen LogP contribution in [-0.2, 0) is 17.8 Å². The first kappa shape index (κ1) is 10.7. The van der Waals surface area contributed by atoms with Crippen LogP contribution in [0.5, 0.6) is 0 Å². The van der Waals surface area contributed by atoms with E-state index in [4.69, 9.17) is 5.11 Å². The maximum absolute atomic E-state index is 10.5. The third kappa shape index (κ3) is 3.18. The molecule has 1 N–H and O–H groups in total. The summed E-state index contributed by atoms with van der Waals surface area (Å²) < 4.78 is 1.66. The number of imidazole rings is 1. The van der Waals surface area contributed by atoms with Crippen molar-refractivity contribution < 1.29 is 9.90 Å². The van der Waals surface area contributed by atoms with Gasteiger partial charge in [-0.3, -0.25) is 4.79 Å². The molecule has 0 aromatic carbocycles. The lowest BCUT2D eigenvalue weighted by Crippen LogP contribution is -2.18. The Balaban J connectivity index is 2.58. The molecular formula is C9H15N3O2. The fourth-order valence-electron chi connectivity index (χ4n) is 1.18. The van der Waals surface area contributed by atoms with Gasteiger partial charge in [-0.2, -0.15) is 0 Å². The number of carboxylic acid groups (broad SMARTS) is 1. The summed E-state index contributed by atoms with van der Waals surface area (Å²) in [6, 6.07) is 0. The average Bonchev–Trinajstić information content (AvgIpc) is 2.47. The van der Waals surface area contributed by atoms with Gasteiger partial charge in [0.2, 0.25) is 0 Å². The van der Waals surface area contributed by atoms with E-state index in [2.05, 4.69) is 4.98 Å². The van der Waals surface area contributed by atoms with E-state index in [-0.39, 0.29) is 6.54 Å². The van der Waals surface area contributed by atoms with Gasteiger partial charge < -0.3 is 14.6 Å². The highest BCUT2D eigenvalue weighted by atomic mass is 16.4. The molecule has 78 valence electrons. The van der Waals surface area contributed by atoms with Crippen molar-refractivity contribution in [2.24, 2.45) is 0 Å². The lowest BCUT2D eigenvalue weighted by molar-refractivity contribution is -0.137. The summed E-state index contributed by atoms with van der Waals surface area (Å²) >= 11 is 0. The number of aromatic nitrogens is 2. The molecule has 0 aliphatic rings. The van der Waals surface area contributed by atoms with Gasteiger partial charge in [-0.05, 0) is 14.1 Å². The fraction of sp³-hybridized carbons (Fsp3) is 0.556. The molecule has 0 spiro atoms. The SMILES string of the molecule is CN(C)CCc1nccn1CC(=O)O. The molecule has 0 fully saturated rings. The quantitative estimate of drug-likeness (QED) is 0.725. The van der Waals surface area contributed by atoms with Gasteiger partial charge in [0.1, 0.15) is 12.4 Å². The van der Waals surface area contributed by atoms with Crippen molar-refractivity contribution in [1.29, 1.82) is 0 Å². The molecule has 5 nitrogen and oxygen atoms in total. The molecule has 1 aromatic rings. The summed E-state index contributed by atoms with van der Waals surface area (Å²) in [7, 11) is 3.95. The lowest BCUT2D eigenvalue weighted by atomic mass is 10.4. The monoisotopic (exact) mass is 197 g/mol. The van der Waals surface area contributed by atoms with Crippen LogP contribution in [0.2, 0.25) is 0 Å². The second-order valence-corrected chi connectivity index (χ2v) is 3.42. The highest BCUT2D eigenvalue weighted by Gasteiger charge is 2.05. The van der Waals surface area contributed by atoms with Gasteiger partial charge in [0, 0.05) is 25.4 Å². The van der Waals surface area contributed by atoms with Crippen LogP contribution >= 0.6 is 0 Å². The third-order valence-electron chi connectivity index (χ3n) is 1.89. The molecule has 14 heavy (non-hydrogen) atoms. The summed E-state index contributed by atoms with van der Waals surface area (Å²) in [5.74, 6) is -0.0183. The number of nitrogens with zero attached hydrogens (tertiary/aromatic N) is 3. The Hall–Kier alpha value is -1.36. The Morgan fingerprint density at radius 3 is 2.93 bits per heavy atom. The lowest BCUT2D eigenvalue weighted by Gasteiger charge is -2.09. The van der Waals surface area contributed by atoms with Crippen LogP contribution in [-0.4, -0.2) is 46.2 Å². The molecule has 1 heterocycles. The third-order valence-corrected chi connectivity index (χ3v) is 1.89. The van der Waals surface area contributed by atoms with E-state index < -0.39 is 5.97 Å². The van der Waals surface area contributed by atoms with Crippen LogP contribution in [0.1, 0.15) is 5.82 Å². The molecule has 0 aliphatic heterocycles. The summed E-state index contributed by atoms with van der Waals surface area (Å²) in [5.41, 5.74) is 0. The molecule has 0 saturated heterocycles. The van der Waals surface area contributed by atoms with E-state index in [1.165, 1.54) is 0 Å². The molecule has 0 amide bonds. The minimum atomic E-state index is -0.839. The van der Waals surface area contributed by atoms with E-state index in [0.717, 1.165) is 18.8 Å². The molecule has 1 aromatic heterocycles. The topological polar surface area (TPSA) is 58.4 Å². The minimum absolute atomic E-state index is 0.0111. The van der Waals surface area contributed by atoms with Crippen molar-refractivity contribution in [2.45, 2.75) is 13.0 Å². The minimum Gasteiger partial charge on any atom is -0.480 e. The Morgan fingerprint density at radius 1 is 1.64 bits per heavy atom. The molecule has 0 unspecified atom stereocenters. The van der Waals surface area contributed by atoms with E-state index in [0.29, 0.717) is 0 Å². The standard InChI is InChI=1S/C9H15N3O2/c1-11(2)5-3-8-10-4-6-12(8)7-9(13)14/h4,6H,3,5,7H2,1-2H3,(H,13,14). The van der Waals surface area contributed by atoms with Gasteiger partial charge >= 0.3 is 5.97 Å². The van der Waals surface area contributed by atoms with E-state index in [1.54, 1.807) is 17.0 Å². The largest absolute Gasteiger partial charge is 0.480 e. The van der Waals surface area contributed by atoms with Crippen LogP contribution in [0.15, 0.2) is 12.4 Å². The van der Waals surface area contributed by atoms with Gasteiger partial charge in [-0.1, -0.05) is 0 Å². The average molecular weight is 197 g/mol. The number of rotatable bonds is 5. The molecule has 5 heteroatoms. The van der Waals surface area contributed by atoms with Crippen LogP contribution in [0.4, 0.5) is 0 Å². The summed E-state index contributed by atoms with van der Waals surface area (Å²) in [6.07, 6.45) is 4.10. The number of likely N-dealkylation sites (N-methyl/N-ethyl adjacent to an activating group) is 1. The molecule has 0 aliphatic carbocycles. The van der Waals surface area contributed by atoms with Gasteiger partial charge in [0.25, 0.3) is 0 Å². The molecular weight excluding hydrogens is 182 g/mol. The first-order chi connectivity index (χ1) is 6.59. The number of carboxylic acids is 1. The van der Waals surface area contributed by atoms with Gasteiger partial charge in [-0.15, -0.1) is 0 Å². The molecule has 0 saturated carbocycles. The molecule has 1 rings (SSSR count). The van der Waals surface area contributed by atoms with Crippen molar-refractivity contribution in [3.8, 4) is 0 Å². The zero-order chi connectivity index (χ0) is 10.6. The molecule has 0 radical (unpaired) electrons. The number of hydrogen-bond donors (Lipinski definition) is 1. The van der Waals surface area contributed by atoms with E-state index in [9.17, 15) is 4.79 Å². The second-order valence-electron chi connectivity index (χ2n) is 3.42. The molecule has 0 atom stereocenters. The molecule has 0 bridgehead atoms. The highest BCUT2D eigenvalue weighted by molar-refractivity contribution is 5.66. The van der Waals surface area contributed by atoms with Crippen molar-refractivity contribution in [1.82, 2.24) is 14.5 Å². The number of carbonyl (C=O) groups is 1. The zero-order valence-corrected chi connectivity index (χ0v) is 8.47. The van der Waals surface area contributed by atoms with Crippen molar-refractivity contribution in [3.05, 3.63) is 18.2 Å². The zero-order valence-electron chi connectivity index (χ0n) is 8.47. The van der Waals surface area contributed by atoms with Crippen LogP contribution in [0.3, 0.4) is 0 Å². The van der Waals surface area contributed by atoms with E-state index in [1.807, 2.05) is 19.0 Å². The smallest absolute Gasteiger partial charge is 0.323 e. The van der Waals surface area contributed by atoms with Crippen LogP contribution in [0.25, 0.3) is 0 Å². The van der Waals surface area contributed by atoms with Crippen molar-refractivity contribution >= 4 is 5.97 Å². The van der Waals surface area contributed by atoms with Gasteiger partial charge in [-0.25, -0.2) is 4.98 Å².